The fraction of sp³-hybridized carbons (Fsp3) is 0.0588. The fourth-order valence-electron chi connectivity index (χ4n) is 2.26. The predicted molar refractivity (Wildman–Crippen MR) is 91.0 cm³/mol. The number of halogens is 3. The second-order valence-corrected chi connectivity index (χ2v) is 5.83. The highest BCUT2D eigenvalue weighted by Gasteiger charge is 2.24. The van der Waals surface area contributed by atoms with Crippen molar-refractivity contribution in [1.82, 2.24) is 5.16 Å². The summed E-state index contributed by atoms with van der Waals surface area (Å²) in [5.41, 5.74) is 1.33. The minimum atomic E-state index is -0.452. The van der Waals surface area contributed by atoms with E-state index in [1.165, 1.54) is 24.3 Å². The van der Waals surface area contributed by atoms with Gasteiger partial charge in [0.05, 0.1) is 10.0 Å². The zero-order valence-electron chi connectivity index (χ0n) is 12.4. The first-order chi connectivity index (χ1) is 11.5. The molecule has 1 amide bonds. The van der Waals surface area contributed by atoms with Gasteiger partial charge in [0.1, 0.15) is 22.8 Å². The third-order valence-electron chi connectivity index (χ3n) is 3.39. The second-order valence-electron chi connectivity index (χ2n) is 5.02. The zero-order chi connectivity index (χ0) is 17.3. The van der Waals surface area contributed by atoms with Crippen molar-refractivity contribution in [2.24, 2.45) is 0 Å². The SMILES string of the molecule is Cc1onc(-c2c(Cl)cccc2Cl)c1C(=O)Nc1ccc(F)cc1. The molecule has 0 fully saturated rings. The summed E-state index contributed by atoms with van der Waals surface area (Å²) < 4.78 is 18.1. The average molecular weight is 365 g/mol. The lowest BCUT2D eigenvalue weighted by atomic mass is 10.1. The maximum atomic E-state index is 13.0. The minimum absolute atomic E-state index is 0.217. The molecule has 1 heterocycles. The minimum Gasteiger partial charge on any atom is -0.360 e. The molecule has 24 heavy (non-hydrogen) atoms. The summed E-state index contributed by atoms with van der Waals surface area (Å²) in [5, 5.41) is 7.30. The zero-order valence-corrected chi connectivity index (χ0v) is 14.0. The van der Waals surface area contributed by atoms with Crippen molar-refractivity contribution in [3.05, 3.63) is 69.7 Å². The van der Waals surface area contributed by atoms with Gasteiger partial charge in [-0.05, 0) is 43.3 Å². The molecule has 0 unspecified atom stereocenters. The summed E-state index contributed by atoms with van der Waals surface area (Å²) >= 11 is 12.4. The molecule has 0 aliphatic rings. The van der Waals surface area contributed by atoms with Crippen LogP contribution < -0.4 is 5.32 Å². The number of carbonyl (C=O) groups excluding carboxylic acids is 1. The van der Waals surface area contributed by atoms with Crippen molar-refractivity contribution in [1.29, 1.82) is 0 Å². The normalized spacial score (nSPS) is 10.7. The molecule has 0 saturated carbocycles. The van der Waals surface area contributed by atoms with E-state index in [-0.39, 0.29) is 11.3 Å². The first-order valence-corrected chi connectivity index (χ1v) is 7.70. The Morgan fingerprint density at radius 3 is 2.38 bits per heavy atom. The first-order valence-electron chi connectivity index (χ1n) is 6.95. The van der Waals surface area contributed by atoms with Crippen molar-refractivity contribution in [2.75, 3.05) is 5.32 Å². The summed E-state index contributed by atoms with van der Waals surface area (Å²) in [6.07, 6.45) is 0. The quantitative estimate of drug-likeness (QED) is 0.681. The van der Waals surface area contributed by atoms with Gasteiger partial charge in [-0.2, -0.15) is 0 Å². The fourth-order valence-corrected chi connectivity index (χ4v) is 2.84. The Kier molecular flexibility index (Phi) is 4.55. The highest BCUT2D eigenvalue weighted by molar-refractivity contribution is 6.39. The molecular weight excluding hydrogens is 354 g/mol. The van der Waals surface area contributed by atoms with E-state index in [1.807, 2.05) is 0 Å². The molecule has 122 valence electrons. The van der Waals surface area contributed by atoms with Crippen molar-refractivity contribution in [2.45, 2.75) is 6.92 Å². The highest BCUT2D eigenvalue weighted by Crippen LogP contribution is 2.36. The maximum Gasteiger partial charge on any atom is 0.261 e. The van der Waals surface area contributed by atoms with E-state index >= 15 is 0 Å². The Hall–Kier alpha value is -2.37. The van der Waals surface area contributed by atoms with Gasteiger partial charge in [-0.25, -0.2) is 4.39 Å². The number of aromatic nitrogens is 1. The van der Waals surface area contributed by atoms with Gasteiger partial charge < -0.3 is 9.84 Å². The predicted octanol–water partition coefficient (Wildman–Crippen LogP) is 5.35. The second kappa shape index (κ2) is 6.63. The number of aryl methyl sites for hydroxylation is 1. The summed E-state index contributed by atoms with van der Waals surface area (Å²) in [4.78, 5) is 12.6. The molecule has 2 aromatic carbocycles. The van der Waals surface area contributed by atoms with E-state index in [0.717, 1.165) is 0 Å². The van der Waals surface area contributed by atoms with Crippen LogP contribution in [0.1, 0.15) is 16.1 Å². The molecule has 0 bridgehead atoms. The van der Waals surface area contributed by atoms with Gasteiger partial charge in [-0.15, -0.1) is 0 Å². The Morgan fingerprint density at radius 1 is 1.12 bits per heavy atom. The van der Waals surface area contributed by atoms with Crippen LogP contribution in [0.3, 0.4) is 0 Å². The summed E-state index contributed by atoms with van der Waals surface area (Å²) in [5.74, 6) is -0.523. The third kappa shape index (κ3) is 3.13. The largest absolute Gasteiger partial charge is 0.360 e. The lowest BCUT2D eigenvalue weighted by Gasteiger charge is -2.08. The third-order valence-corrected chi connectivity index (χ3v) is 4.02. The Labute approximate surface area is 147 Å². The number of anilines is 1. The van der Waals surface area contributed by atoms with Gasteiger partial charge in [0.15, 0.2) is 0 Å². The molecule has 0 spiro atoms. The van der Waals surface area contributed by atoms with Crippen molar-refractivity contribution < 1.29 is 13.7 Å². The van der Waals surface area contributed by atoms with E-state index in [0.29, 0.717) is 27.1 Å². The number of benzene rings is 2. The molecule has 0 saturated heterocycles. The maximum absolute atomic E-state index is 13.0. The van der Waals surface area contributed by atoms with Gasteiger partial charge in [0, 0.05) is 11.3 Å². The van der Waals surface area contributed by atoms with Crippen LogP contribution >= 0.6 is 23.2 Å². The Balaban J connectivity index is 2.01. The Bertz CT molecular complexity index is 887. The lowest BCUT2D eigenvalue weighted by molar-refractivity contribution is 0.102. The van der Waals surface area contributed by atoms with Crippen LogP contribution in [0.2, 0.25) is 10.0 Å². The van der Waals surface area contributed by atoms with Gasteiger partial charge in [-0.1, -0.05) is 34.4 Å². The molecule has 4 nitrogen and oxygen atoms in total. The highest BCUT2D eigenvalue weighted by atomic mass is 35.5. The Morgan fingerprint density at radius 2 is 1.75 bits per heavy atom. The monoisotopic (exact) mass is 364 g/mol. The first kappa shape index (κ1) is 16.5. The molecule has 0 aliphatic carbocycles. The van der Waals surface area contributed by atoms with Crippen LogP contribution in [0, 0.1) is 12.7 Å². The van der Waals surface area contributed by atoms with Crippen LogP contribution in [0.15, 0.2) is 47.0 Å². The van der Waals surface area contributed by atoms with E-state index in [1.54, 1.807) is 25.1 Å². The molecule has 1 aromatic heterocycles. The van der Waals surface area contributed by atoms with Crippen LogP contribution in [0.25, 0.3) is 11.3 Å². The van der Waals surface area contributed by atoms with Crippen molar-refractivity contribution in [3.8, 4) is 11.3 Å². The number of hydrogen-bond acceptors (Lipinski definition) is 3. The standard InChI is InChI=1S/C17H11Cl2FN2O2/c1-9-14(17(23)21-11-7-5-10(20)6-8-11)16(22-24-9)15-12(18)3-2-4-13(15)19/h2-8H,1H3,(H,21,23). The molecular formula is C17H11Cl2FN2O2. The molecule has 3 rings (SSSR count). The number of nitrogens with zero attached hydrogens (tertiary/aromatic N) is 1. The van der Waals surface area contributed by atoms with Gasteiger partial charge in [0.2, 0.25) is 0 Å². The van der Waals surface area contributed by atoms with Crippen molar-refractivity contribution >= 4 is 34.8 Å². The van der Waals surface area contributed by atoms with Gasteiger partial charge in [-0.3, -0.25) is 4.79 Å². The molecule has 3 aromatic rings. The number of carbonyl (C=O) groups is 1. The van der Waals surface area contributed by atoms with Gasteiger partial charge >= 0.3 is 0 Å². The van der Waals surface area contributed by atoms with Crippen LogP contribution in [-0.4, -0.2) is 11.1 Å². The number of nitrogens with one attached hydrogen (secondary N) is 1. The van der Waals surface area contributed by atoms with Gasteiger partial charge in [0.25, 0.3) is 5.91 Å². The topological polar surface area (TPSA) is 55.1 Å². The van der Waals surface area contributed by atoms with Crippen LogP contribution in [-0.2, 0) is 0 Å². The lowest BCUT2D eigenvalue weighted by Crippen LogP contribution is -2.13. The molecule has 7 heteroatoms. The summed E-state index contributed by atoms with van der Waals surface area (Å²) in [7, 11) is 0. The van der Waals surface area contributed by atoms with E-state index in [2.05, 4.69) is 10.5 Å². The van der Waals surface area contributed by atoms with Crippen LogP contribution in [0.5, 0.6) is 0 Å². The smallest absolute Gasteiger partial charge is 0.261 e. The number of amides is 1. The number of hydrogen-bond donors (Lipinski definition) is 1. The van der Waals surface area contributed by atoms with E-state index in [4.69, 9.17) is 27.7 Å². The molecule has 0 atom stereocenters. The average Bonchev–Trinajstić information content (AvgIpc) is 2.91. The molecule has 0 aliphatic heterocycles. The van der Waals surface area contributed by atoms with Crippen molar-refractivity contribution in [3.63, 3.8) is 0 Å². The summed E-state index contributed by atoms with van der Waals surface area (Å²) in [6, 6.07) is 10.4. The van der Waals surface area contributed by atoms with Crippen LogP contribution in [0.4, 0.5) is 10.1 Å². The molecule has 0 radical (unpaired) electrons. The summed E-state index contributed by atoms with van der Waals surface area (Å²) in [6.45, 7) is 1.61. The van der Waals surface area contributed by atoms with E-state index in [9.17, 15) is 9.18 Å². The van der Waals surface area contributed by atoms with E-state index < -0.39 is 11.7 Å². The molecule has 1 N–H and O–H groups in total. The number of rotatable bonds is 3.